The van der Waals surface area contributed by atoms with Crippen molar-refractivity contribution in [3.63, 3.8) is 0 Å². The molecule has 0 unspecified atom stereocenters. The van der Waals surface area contributed by atoms with Crippen molar-refractivity contribution in [3.8, 4) is 5.75 Å². The summed E-state index contributed by atoms with van der Waals surface area (Å²) in [5, 5.41) is 4.21. The highest BCUT2D eigenvalue weighted by atomic mass is 19.4. The number of aromatic nitrogens is 2. The third-order valence-corrected chi connectivity index (χ3v) is 5.05. The van der Waals surface area contributed by atoms with Gasteiger partial charge in [-0.25, -0.2) is 4.68 Å². The van der Waals surface area contributed by atoms with E-state index in [9.17, 15) is 17.6 Å². The van der Waals surface area contributed by atoms with Crippen LogP contribution in [0.2, 0.25) is 0 Å². The summed E-state index contributed by atoms with van der Waals surface area (Å²) in [5.74, 6) is -0.234. The second kappa shape index (κ2) is 9.46. The molecule has 8 heteroatoms. The van der Waals surface area contributed by atoms with Crippen molar-refractivity contribution in [2.75, 3.05) is 13.2 Å². The van der Waals surface area contributed by atoms with E-state index in [1.165, 1.54) is 4.68 Å². The van der Waals surface area contributed by atoms with Crippen LogP contribution in [-0.4, -0.2) is 29.1 Å². The van der Waals surface area contributed by atoms with Gasteiger partial charge in [0.15, 0.2) is 0 Å². The predicted molar refractivity (Wildman–Crippen MR) is 120 cm³/mol. The summed E-state index contributed by atoms with van der Waals surface area (Å²) in [4.78, 5) is 0. The molecule has 4 aromatic rings. The number of para-hydroxylation sites is 1. The fraction of sp³-hybridized carbons (Fsp3) is 0.160. The minimum absolute atomic E-state index is 0.0213. The number of allylic oxidation sites excluding steroid dienone is 1. The molecular weight excluding hydrogens is 434 g/mol. The van der Waals surface area contributed by atoms with Crippen LogP contribution in [0.25, 0.3) is 22.2 Å². The van der Waals surface area contributed by atoms with E-state index >= 15 is 0 Å². The Morgan fingerprint density at radius 3 is 2.21 bits per heavy atom. The molecule has 3 aromatic carbocycles. The molecule has 0 aliphatic rings. The highest BCUT2D eigenvalue weighted by Crippen LogP contribution is 2.38. The van der Waals surface area contributed by atoms with Gasteiger partial charge < -0.3 is 10.5 Å². The molecule has 0 saturated heterocycles. The van der Waals surface area contributed by atoms with Crippen molar-refractivity contribution in [2.45, 2.75) is 12.6 Å². The van der Waals surface area contributed by atoms with E-state index in [0.29, 0.717) is 35.5 Å². The van der Waals surface area contributed by atoms with E-state index in [2.05, 4.69) is 5.10 Å². The highest BCUT2D eigenvalue weighted by Gasteiger charge is 2.32. The lowest BCUT2D eigenvalue weighted by Gasteiger charge is -2.19. The van der Waals surface area contributed by atoms with Gasteiger partial charge in [0.05, 0.1) is 23.0 Å². The molecular formula is C25H21F4N3O. The molecule has 170 valence electrons. The number of ether oxygens (including phenoxy) is 1. The number of nitrogens with two attached hydrogens (primary N) is 1. The molecule has 0 atom stereocenters. The molecule has 4 rings (SSSR count). The quantitative estimate of drug-likeness (QED) is 0.280. The van der Waals surface area contributed by atoms with Crippen molar-refractivity contribution < 1.29 is 22.3 Å². The van der Waals surface area contributed by atoms with Crippen LogP contribution in [0, 0.1) is 5.95 Å². The van der Waals surface area contributed by atoms with Crippen molar-refractivity contribution in [3.05, 3.63) is 95.9 Å². The SMILES string of the molecule is NCCOc1ccc(C(=C(CC(F)(F)F)c2ccccc2)n2nc(F)c3ccccc32)cc1. The minimum Gasteiger partial charge on any atom is -0.492 e. The third kappa shape index (κ3) is 5.06. The van der Waals surface area contributed by atoms with Crippen LogP contribution in [0.4, 0.5) is 17.6 Å². The first-order valence-electron chi connectivity index (χ1n) is 10.3. The summed E-state index contributed by atoms with van der Waals surface area (Å²) in [6.07, 6.45) is -5.71. The van der Waals surface area contributed by atoms with E-state index in [4.69, 9.17) is 10.5 Å². The molecule has 0 amide bonds. The van der Waals surface area contributed by atoms with Crippen molar-refractivity contribution in [1.29, 1.82) is 0 Å². The molecule has 0 saturated carbocycles. The summed E-state index contributed by atoms with van der Waals surface area (Å²) in [6.45, 7) is 0.635. The number of halogens is 4. The lowest BCUT2D eigenvalue weighted by atomic mass is 9.96. The highest BCUT2D eigenvalue weighted by molar-refractivity contribution is 5.95. The van der Waals surface area contributed by atoms with Crippen LogP contribution in [0.15, 0.2) is 78.9 Å². The molecule has 1 heterocycles. The second-order valence-corrected chi connectivity index (χ2v) is 7.37. The first kappa shape index (κ1) is 22.5. The van der Waals surface area contributed by atoms with Gasteiger partial charge in [0.1, 0.15) is 12.4 Å². The van der Waals surface area contributed by atoms with Gasteiger partial charge in [-0.3, -0.25) is 0 Å². The predicted octanol–water partition coefficient (Wildman–Crippen LogP) is 5.88. The Balaban J connectivity index is 2.00. The Hall–Kier alpha value is -3.65. The molecule has 33 heavy (non-hydrogen) atoms. The Morgan fingerprint density at radius 1 is 0.879 bits per heavy atom. The standard InChI is InChI=1S/C25H21F4N3O/c26-24-20-8-4-5-9-22(20)32(31-24)23(18-10-12-19(13-11-18)33-15-14-30)21(16-25(27,28)29)17-6-2-1-3-7-17/h1-13H,14-16,30H2. The Labute approximate surface area is 187 Å². The lowest BCUT2D eigenvalue weighted by molar-refractivity contribution is -0.122. The minimum atomic E-state index is -4.50. The summed E-state index contributed by atoms with van der Waals surface area (Å²) in [5.41, 5.74) is 6.75. The fourth-order valence-electron chi connectivity index (χ4n) is 3.67. The van der Waals surface area contributed by atoms with Gasteiger partial charge in [0, 0.05) is 12.1 Å². The fourth-order valence-corrected chi connectivity index (χ4v) is 3.67. The molecule has 0 aliphatic carbocycles. The largest absolute Gasteiger partial charge is 0.492 e. The summed E-state index contributed by atoms with van der Waals surface area (Å²) in [6, 6.07) is 21.3. The van der Waals surface area contributed by atoms with E-state index < -0.39 is 18.5 Å². The molecule has 0 bridgehead atoms. The average Bonchev–Trinajstić information content (AvgIpc) is 3.14. The first-order valence-corrected chi connectivity index (χ1v) is 10.3. The third-order valence-electron chi connectivity index (χ3n) is 5.05. The van der Waals surface area contributed by atoms with E-state index in [1.54, 1.807) is 78.9 Å². The van der Waals surface area contributed by atoms with Gasteiger partial charge in [-0.1, -0.05) is 42.5 Å². The Morgan fingerprint density at radius 2 is 1.55 bits per heavy atom. The number of nitrogens with zero attached hydrogens (tertiary/aromatic N) is 2. The van der Waals surface area contributed by atoms with E-state index in [0.717, 1.165) is 0 Å². The van der Waals surface area contributed by atoms with Crippen LogP contribution in [0.5, 0.6) is 5.75 Å². The maximum Gasteiger partial charge on any atom is 0.393 e. The van der Waals surface area contributed by atoms with Crippen molar-refractivity contribution in [1.82, 2.24) is 9.78 Å². The number of hydrogen-bond donors (Lipinski definition) is 1. The van der Waals surface area contributed by atoms with Gasteiger partial charge in [0.2, 0.25) is 5.95 Å². The molecule has 0 fully saturated rings. The number of benzene rings is 3. The summed E-state index contributed by atoms with van der Waals surface area (Å²) < 4.78 is 62.6. The summed E-state index contributed by atoms with van der Waals surface area (Å²) in [7, 11) is 0. The zero-order valence-corrected chi connectivity index (χ0v) is 17.5. The number of alkyl halides is 3. The summed E-state index contributed by atoms with van der Waals surface area (Å²) >= 11 is 0. The van der Waals surface area contributed by atoms with E-state index in [1.807, 2.05) is 0 Å². The van der Waals surface area contributed by atoms with Crippen LogP contribution < -0.4 is 10.5 Å². The topological polar surface area (TPSA) is 53.1 Å². The lowest BCUT2D eigenvalue weighted by Crippen LogP contribution is -2.13. The molecule has 0 spiro atoms. The average molecular weight is 455 g/mol. The maximum atomic E-state index is 14.7. The van der Waals surface area contributed by atoms with Crippen molar-refractivity contribution >= 4 is 22.2 Å². The normalized spacial score (nSPS) is 12.6. The number of fused-ring (bicyclic) bond motifs is 1. The van der Waals surface area contributed by atoms with Crippen molar-refractivity contribution in [2.24, 2.45) is 5.73 Å². The van der Waals surface area contributed by atoms with E-state index in [-0.39, 0.29) is 16.7 Å². The van der Waals surface area contributed by atoms with Crippen LogP contribution >= 0.6 is 0 Å². The van der Waals surface area contributed by atoms with Gasteiger partial charge in [-0.2, -0.15) is 17.6 Å². The smallest absolute Gasteiger partial charge is 0.393 e. The zero-order chi connectivity index (χ0) is 23.4. The van der Waals surface area contributed by atoms with Crippen LogP contribution in [0.1, 0.15) is 17.5 Å². The van der Waals surface area contributed by atoms with Gasteiger partial charge in [-0.05, 0) is 47.5 Å². The molecule has 0 aliphatic heterocycles. The van der Waals surface area contributed by atoms with Crippen LogP contribution in [0.3, 0.4) is 0 Å². The maximum absolute atomic E-state index is 14.7. The second-order valence-electron chi connectivity index (χ2n) is 7.37. The zero-order valence-electron chi connectivity index (χ0n) is 17.5. The monoisotopic (exact) mass is 455 g/mol. The molecule has 4 nitrogen and oxygen atoms in total. The number of rotatable bonds is 7. The van der Waals surface area contributed by atoms with Gasteiger partial charge in [0.25, 0.3) is 0 Å². The Bertz CT molecular complexity index is 1260. The Kier molecular flexibility index (Phi) is 6.46. The first-order chi connectivity index (χ1) is 15.9. The molecule has 1 aromatic heterocycles. The molecule has 0 radical (unpaired) electrons. The molecule has 2 N–H and O–H groups in total. The number of hydrogen-bond acceptors (Lipinski definition) is 3. The van der Waals surface area contributed by atoms with Gasteiger partial charge in [-0.15, -0.1) is 5.10 Å². The van der Waals surface area contributed by atoms with Gasteiger partial charge >= 0.3 is 6.18 Å². The van der Waals surface area contributed by atoms with Crippen LogP contribution in [-0.2, 0) is 0 Å².